The van der Waals surface area contributed by atoms with Gasteiger partial charge in [0.25, 0.3) is 0 Å². The van der Waals surface area contributed by atoms with Gasteiger partial charge in [0.05, 0.1) is 36.3 Å². The van der Waals surface area contributed by atoms with Crippen molar-refractivity contribution in [1.82, 2.24) is 25.3 Å². The lowest BCUT2D eigenvalue weighted by molar-refractivity contribution is -0.147. The van der Waals surface area contributed by atoms with Crippen molar-refractivity contribution in [3.63, 3.8) is 0 Å². The van der Waals surface area contributed by atoms with Crippen LogP contribution in [0.4, 0.5) is 0 Å². The van der Waals surface area contributed by atoms with Crippen LogP contribution in [0, 0.1) is 5.92 Å². The molecular weight excluding hydrogens is 626 g/mol. The number of carboxylic acid groups (broad SMARTS) is 1. The van der Waals surface area contributed by atoms with Crippen LogP contribution in [0.5, 0.6) is 5.75 Å². The Kier molecular flexibility index (Phi) is 9.17. The Morgan fingerprint density at radius 2 is 1.75 bits per heavy atom. The van der Waals surface area contributed by atoms with Gasteiger partial charge in [-0.2, -0.15) is 5.10 Å². The summed E-state index contributed by atoms with van der Waals surface area (Å²) in [5.41, 5.74) is 8.26. The maximum Gasteiger partial charge on any atom is 0.309 e. The largest absolute Gasteiger partial charge is 0.496 e. The molecule has 2 aliphatic rings. The summed E-state index contributed by atoms with van der Waals surface area (Å²) in [6.45, 7) is 3.84. The van der Waals surface area contributed by atoms with Crippen LogP contribution < -0.4 is 15.4 Å². The molecule has 5 aromatic rings. The van der Waals surface area contributed by atoms with Crippen molar-refractivity contribution < 1.29 is 19.4 Å². The number of fused-ring (bicyclic) bond motifs is 1. The van der Waals surface area contributed by atoms with E-state index in [1.54, 1.807) is 7.11 Å². The second kappa shape index (κ2) is 13.8. The number of likely N-dealkylation sites (tertiary alicyclic amines) is 1. The maximum absolute atomic E-state index is 11.4. The molecule has 1 aromatic heterocycles. The molecular formula is C38H38ClN5O4. The van der Waals surface area contributed by atoms with E-state index in [-0.39, 0.29) is 17.9 Å². The minimum Gasteiger partial charge on any atom is -0.496 e. The number of rotatable bonds is 12. The fourth-order valence-electron chi connectivity index (χ4n) is 6.74. The number of aromatic nitrogens is 2. The summed E-state index contributed by atoms with van der Waals surface area (Å²) in [7, 11) is 1.67. The number of amides is 1. The van der Waals surface area contributed by atoms with Crippen molar-refractivity contribution in [2.45, 2.75) is 38.5 Å². The molecule has 3 N–H and O–H groups in total. The number of ether oxygens (including phenoxy) is 1. The Morgan fingerprint density at radius 1 is 1.00 bits per heavy atom. The molecule has 246 valence electrons. The van der Waals surface area contributed by atoms with E-state index in [9.17, 15) is 14.7 Å². The molecule has 48 heavy (non-hydrogen) atoms. The number of halogens is 1. The van der Waals surface area contributed by atoms with E-state index in [2.05, 4.69) is 76.2 Å². The number of hydrogen-bond acceptors (Lipinski definition) is 6. The van der Waals surface area contributed by atoms with Gasteiger partial charge < -0.3 is 20.5 Å². The van der Waals surface area contributed by atoms with Crippen LogP contribution in [-0.4, -0.2) is 64.4 Å². The zero-order valence-corrected chi connectivity index (χ0v) is 27.5. The van der Waals surface area contributed by atoms with E-state index in [4.69, 9.17) is 21.4 Å². The van der Waals surface area contributed by atoms with E-state index in [0.29, 0.717) is 37.6 Å². The van der Waals surface area contributed by atoms with Gasteiger partial charge in [-0.1, -0.05) is 78.3 Å². The monoisotopic (exact) mass is 663 g/mol. The topological polar surface area (TPSA) is 109 Å². The number of nitrogens with one attached hydrogen (secondary N) is 2. The van der Waals surface area contributed by atoms with Gasteiger partial charge in [-0.3, -0.25) is 19.2 Å². The number of carbonyl (C=O) groups excluding carboxylic acids is 1. The molecule has 9 nitrogen and oxygen atoms in total. The van der Waals surface area contributed by atoms with Gasteiger partial charge in [0.15, 0.2) is 0 Å². The molecule has 2 saturated heterocycles. The first-order valence-corrected chi connectivity index (χ1v) is 16.7. The average Bonchev–Trinajstić information content (AvgIpc) is 3.68. The van der Waals surface area contributed by atoms with Crippen LogP contribution in [-0.2, 0) is 29.2 Å². The first-order valence-electron chi connectivity index (χ1n) is 16.3. The molecule has 1 atom stereocenters. The molecule has 4 aromatic carbocycles. The highest BCUT2D eigenvalue weighted by molar-refractivity contribution is 6.36. The molecule has 0 radical (unpaired) electrons. The van der Waals surface area contributed by atoms with E-state index >= 15 is 0 Å². The van der Waals surface area contributed by atoms with Gasteiger partial charge >= 0.3 is 5.97 Å². The predicted octanol–water partition coefficient (Wildman–Crippen LogP) is 5.97. The number of carboxylic acids is 1. The minimum atomic E-state index is -0.735. The molecule has 7 rings (SSSR count). The molecule has 1 amide bonds. The molecule has 0 saturated carbocycles. The Labute approximate surface area is 284 Å². The molecule has 10 heteroatoms. The molecule has 0 aliphatic carbocycles. The molecule has 2 fully saturated rings. The standard InChI is InChI=1S/C38H38ClN5O4/c1-48-35-16-25(10-13-27(35)21-43-22-28(23-43)38(46)47)20-44-34-7-3-5-31(33(34)19-41-44)32-6-2-4-30(37(32)39)26-11-8-24(9-12-26)17-40-18-29-14-15-36(45)42-29/h2-13,16,19,28-29,40H,14-15,17-18,20-23H2,1H3,(H,42,45)(H,46,47). The summed E-state index contributed by atoms with van der Waals surface area (Å²) in [6.07, 6.45) is 3.40. The first kappa shape index (κ1) is 31.9. The number of carbonyl (C=O) groups is 2. The fourth-order valence-corrected chi connectivity index (χ4v) is 7.07. The van der Waals surface area contributed by atoms with Crippen molar-refractivity contribution in [2.24, 2.45) is 5.92 Å². The summed E-state index contributed by atoms with van der Waals surface area (Å²) in [4.78, 5) is 24.7. The smallest absolute Gasteiger partial charge is 0.309 e. The van der Waals surface area contributed by atoms with Gasteiger partial charge in [-0.15, -0.1) is 0 Å². The van der Waals surface area contributed by atoms with Crippen molar-refractivity contribution in [3.05, 3.63) is 107 Å². The number of nitrogens with zero attached hydrogens (tertiary/aromatic N) is 3. The normalized spacial score (nSPS) is 16.6. The second-order valence-electron chi connectivity index (χ2n) is 12.7. The van der Waals surface area contributed by atoms with Crippen LogP contribution >= 0.6 is 11.6 Å². The van der Waals surface area contributed by atoms with Crippen molar-refractivity contribution in [2.75, 3.05) is 26.7 Å². The summed E-state index contributed by atoms with van der Waals surface area (Å²) in [5.74, 6) is -0.0984. The predicted molar refractivity (Wildman–Crippen MR) is 187 cm³/mol. The lowest BCUT2D eigenvalue weighted by Crippen LogP contribution is -2.49. The van der Waals surface area contributed by atoms with Crippen LogP contribution in [0.15, 0.2) is 85.1 Å². The zero-order chi connectivity index (χ0) is 33.2. The molecule has 0 spiro atoms. The second-order valence-corrected chi connectivity index (χ2v) is 13.1. The van der Waals surface area contributed by atoms with Crippen LogP contribution in [0.1, 0.15) is 29.5 Å². The quantitative estimate of drug-likeness (QED) is 0.151. The van der Waals surface area contributed by atoms with Crippen molar-refractivity contribution in [1.29, 1.82) is 0 Å². The van der Waals surface area contributed by atoms with Crippen LogP contribution in [0.3, 0.4) is 0 Å². The first-order chi connectivity index (χ1) is 23.4. The fraction of sp³-hybridized carbons (Fsp3) is 0.289. The number of benzene rings is 4. The Balaban J connectivity index is 1.06. The van der Waals surface area contributed by atoms with Gasteiger partial charge in [0.2, 0.25) is 5.91 Å². The lowest BCUT2D eigenvalue weighted by Gasteiger charge is -2.36. The third-order valence-electron chi connectivity index (χ3n) is 9.43. The summed E-state index contributed by atoms with van der Waals surface area (Å²) in [6, 6.07) is 27.2. The Morgan fingerprint density at radius 3 is 2.50 bits per heavy atom. The van der Waals surface area contributed by atoms with Gasteiger partial charge in [0.1, 0.15) is 5.75 Å². The van der Waals surface area contributed by atoms with Crippen molar-refractivity contribution in [3.8, 4) is 28.0 Å². The SMILES string of the molecule is COc1cc(Cn2ncc3c(-c4cccc(-c5ccc(CNCC6CCC(=O)N6)cc5)c4Cl)cccc32)ccc1CN1CC(C(=O)O)C1. The summed E-state index contributed by atoms with van der Waals surface area (Å²) >= 11 is 7.12. The molecule has 0 bridgehead atoms. The summed E-state index contributed by atoms with van der Waals surface area (Å²) in [5, 5.41) is 22.1. The highest BCUT2D eigenvalue weighted by atomic mass is 35.5. The highest BCUT2D eigenvalue weighted by Gasteiger charge is 2.32. The van der Waals surface area contributed by atoms with E-state index in [1.807, 2.05) is 29.1 Å². The van der Waals surface area contributed by atoms with Gasteiger partial charge in [-0.25, -0.2) is 0 Å². The molecule has 2 aliphatic heterocycles. The summed E-state index contributed by atoms with van der Waals surface area (Å²) < 4.78 is 7.71. The van der Waals surface area contributed by atoms with Gasteiger partial charge in [-0.05, 0) is 40.8 Å². The number of aliphatic carboxylic acids is 1. The lowest BCUT2D eigenvalue weighted by atomic mass is 9.96. The highest BCUT2D eigenvalue weighted by Crippen LogP contribution is 2.39. The maximum atomic E-state index is 11.4. The molecule has 1 unspecified atom stereocenters. The Hall–Kier alpha value is -4.70. The van der Waals surface area contributed by atoms with E-state index in [1.165, 1.54) is 5.56 Å². The zero-order valence-electron chi connectivity index (χ0n) is 26.8. The van der Waals surface area contributed by atoms with E-state index in [0.717, 1.165) is 69.5 Å². The third-order valence-corrected chi connectivity index (χ3v) is 9.84. The third kappa shape index (κ3) is 6.67. The average molecular weight is 664 g/mol. The molecule has 3 heterocycles. The van der Waals surface area contributed by atoms with Crippen LogP contribution in [0.25, 0.3) is 33.2 Å². The van der Waals surface area contributed by atoms with Gasteiger partial charge in [0, 0.05) is 67.3 Å². The Bertz CT molecular complexity index is 1970. The minimum absolute atomic E-state index is 0.136. The van der Waals surface area contributed by atoms with Crippen LogP contribution in [0.2, 0.25) is 5.02 Å². The van der Waals surface area contributed by atoms with Crippen molar-refractivity contribution >= 4 is 34.4 Å². The van der Waals surface area contributed by atoms with E-state index < -0.39 is 5.97 Å². The number of hydrogen-bond donors (Lipinski definition) is 3. The number of methoxy groups -OCH3 is 1.